The summed E-state index contributed by atoms with van der Waals surface area (Å²) in [5.74, 6) is -0.350. The molecule has 0 aliphatic heterocycles. The number of hydrogen-bond acceptors (Lipinski definition) is 4. The topological polar surface area (TPSA) is 44.8 Å². The highest BCUT2D eigenvalue weighted by Gasteiger charge is 2.07. The van der Waals surface area contributed by atoms with Crippen LogP contribution in [-0.4, -0.2) is 20.2 Å². The van der Waals surface area contributed by atoms with E-state index in [4.69, 9.17) is 4.89 Å². The van der Waals surface area contributed by atoms with Gasteiger partial charge in [0, 0.05) is 0 Å². The molecule has 0 atom stereocenters. The molecular weight excluding hydrogens is 196 g/mol. The molecule has 4 nitrogen and oxygen atoms in total. The van der Waals surface area contributed by atoms with Crippen LogP contribution in [0.5, 0.6) is 0 Å². The average molecular weight is 210 g/mol. The molecule has 0 heterocycles. The van der Waals surface area contributed by atoms with Gasteiger partial charge in [-0.05, 0) is 30.2 Å². The predicted octanol–water partition coefficient (Wildman–Crippen LogP) is 1.86. The highest BCUT2D eigenvalue weighted by Crippen LogP contribution is 2.11. The molecule has 1 aromatic rings. The molecule has 0 aliphatic rings. The lowest BCUT2D eigenvalue weighted by Crippen LogP contribution is -2.03. The molecule has 0 saturated carbocycles. The summed E-state index contributed by atoms with van der Waals surface area (Å²) in [6, 6.07) is 5.41. The second kappa shape index (κ2) is 5.48. The average Bonchev–Trinajstić information content (AvgIpc) is 2.24. The Hall–Kier alpha value is -1.39. The fourth-order valence-corrected chi connectivity index (χ4v) is 1.31. The second-order valence-corrected chi connectivity index (χ2v) is 3.13. The van der Waals surface area contributed by atoms with E-state index in [0.29, 0.717) is 12.2 Å². The predicted molar refractivity (Wildman–Crippen MR) is 54.3 cm³/mol. The van der Waals surface area contributed by atoms with E-state index in [1.807, 2.05) is 13.0 Å². The van der Waals surface area contributed by atoms with Gasteiger partial charge in [-0.2, -0.15) is 0 Å². The second-order valence-electron chi connectivity index (χ2n) is 3.13. The van der Waals surface area contributed by atoms with Gasteiger partial charge in [-0.25, -0.2) is 14.6 Å². The Morgan fingerprint density at radius 3 is 2.60 bits per heavy atom. The lowest BCUT2D eigenvalue weighted by Gasteiger charge is -2.05. The number of esters is 1. The highest BCUT2D eigenvalue weighted by atomic mass is 17.2. The number of carbonyl (C=O) groups excluding carboxylic acids is 1. The number of carbonyl (C=O) groups is 1. The largest absolute Gasteiger partial charge is 0.465 e. The van der Waals surface area contributed by atoms with Gasteiger partial charge in [0.25, 0.3) is 0 Å². The molecule has 0 saturated heterocycles. The summed E-state index contributed by atoms with van der Waals surface area (Å²) in [5.41, 5.74) is 2.37. The number of ether oxygens (including phenoxy) is 1. The van der Waals surface area contributed by atoms with E-state index in [0.717, 1.165) is 11.1 Å². The number of rotatable bonds is 4. The third-order valence-electron chi connectivity index (χ3n) is 1.90. The molecular formula is C11H14O4. The van der Waals surface area contributed by atoms with Gasteiger partial charge in [0.05, 0.1) is 19.8 Å². The van der Waals surface area contributed by atoms with Crippen molar-refractivity contribution in [3.63, 3.8) is 0 Å². The SMILES string of the molecule is COOCc1cc(C)cc(C(=O)OC)c1. The molecule has 4 heteroatoms. The van der Waals surface area contributed by atoms with E-state index in [1.165, 1.54) is 14.2 Å². The third kappa shape index (κ3) is 3.34. The third-order valence-corrected chi connectivity index (χ3v) is 1.90. The van der Waals surface area contributed by atoms with Gasteiger partial charge in [-0.1, -0.05) is 6.07 Å². The van der Waals surface area contributed by atoms with E-state index in [-0.39, 0.29) is 5.97 Å². The maximum Gasteiger partial charge on any atom is 0.337 e. The Kier molecular flexibility index (Phi) is 4.27. The van der Waals surface area contributed by atoms with Crippen LogP contribution in [0, 0.1) is 6.92 Å². The van der Waals surface area contributed by atoms with Gasteiger partial charge in [0.2, 0.25) is 0 Å². The molecule has 0 aromatic heterocycles. The van der Waals surface area contributed by atoms with Gasteiger partial charge in [-0.3, -0.25) is 0 Å². The standard InChI is InChI=1S/C11H14O4/c1-8-4-9(7-15-14-3)6-10(5-8)11(12)13-2/h4-6H,7H2,1-3H3. The Labute approximate surface area is 88.7 Å². The maximum absolute atomic E-state index is 11.3. The Bertz CT molecular complexity index is 346. The van der Waals surface area contributed by atoms with E-state index in [9.17, 15) is 4.79 Å². The monoisotopic (exact) mass is 210 g/mol. The van der Waals surface area contributed by atoms with Crippen molar-refractivity contribution in [3.8, 4) is 0 Å². The normalized spacial score (nSPS) is 10.1. The summed E-state index contributed by atoms with van der Waals surface area (Å²) in [5, 5.41) is 0. The molecule has 0 spiro atoms. The molecule has 0 bridgehead atoms. The molecule has 0 fully saturated rings. The molecule has 0 aliphatic carbocycles. The molecule has 1 aromatic carbocycles. The summed E-state index contributed by atoms with van der Waals surface area (Å²) in [4.78, 5) is 20.6. The molecule has 0 N–H and O–H groups in total. The van der Waals surface area contributed by atoms with Gasteiger partial charge in [-0.15, -0.1) is 0 Å². The highest BCUT2D eigenvalue weighted by molar-refractivity contribution is 5.89. The van der Waals surface area contributed by atoms with Crippen molar-refractivity contribution in [1.82, 2.24) is 0 Å². The van der Waals surface area contributed by atoms with Gasteiger partial charge in [0.15, 0.2) is 0 Å². The summed E-state index contributed by atoms with van der Waals surface area (Å²) in [6.45, 7) is 2.21. The lowest BCUT2D eigenvalue weighted by molar-refractivity contribution is -0.282. The first-order chi connectivity index (χ1) is 7.17. The van der Waals surface area contributed by atoms with Crippen LogP contribution >= 0.6 is 0 Å². The van der Waals surface area contributed by atoms with Crippen LogP contribution in [0.15, 0.2) is 18.2 Å². The Morgan fingerprint density at radius 2 is 2.00 bits per heavy atom. The van der Waals surface area contributed by atoms with Crippen molar-refractivity contribution in [2.45, 2.75) is 13.5 Å². The van der Waals surface area contributed by atoms with E-state index in [1.54, 1.807) is 12.1 Å². The van der Waals surface area contributed by atoms with E-state index in [2.05, 4.69) is 9.62 Å². The maximum atomic E-state index is 11.3. The van der Waals surface area contributed by atoms with Gasteiger partial charge >= 0.3 is 5.97 Å². The molecule has 0 amide bonds. The Balaban J connectivity index is 2.89. The minimum atomic E-state index is -0.350. The Morgan fingerprint density at radius 1 is 1.27 bits per heavy atom. The molecule has 1 rings (SSSR count). The first-order valence-corrected chi connectivity index (χ1v) is 4.52. The van der Waals surface area contributed by atoms with Crippen LogP contribution in [-0.2, 0) is 21.1 Å². The number of benzene rings is 1. The lowest BCUT2D eigenvalue weighted by atomic mass is 10.1. The van der Waals surface area contributed by atoms with Crippen molar-refractivity contribution in [2.75, 3.05) is 14.2 Å². The summed E-state index contributed by atoms with van der Waals surface area (Å²) in [6.07, 6.45) is 0. The van der Waals surface area contributed by atoms with Gasteiger partial charge in [0.1, 0.15) is 6.61 Å². The van der Waals surface area contributed by atoms with Crippen molar-refractivity contribution in [3.05, 3.63) is 34.9 Å². The van der Waals surface area contributed by atoms with Crippen molar-refractivity contribution in [2.24, 2.45) is 0 Å². The number of aryl methyl sites for hydroxylation is 1. The van der Waals surface area contributed by atoms with Crippen LogP contribution < -0.4 is 0 Å². The first kappa shape index (κ1) is 11.7. The zero-order valence-electron chi connectivity index (χ0n) is 9.07. The van der Waals surface area contributed by atoms with Crippen LogP contribution in [0.1, 0.15) is 21.5 Å². The van der Waals surface area contributed by atoms with Crippen molar-refractivity contribution < 1.29 is 19.3 Å². The van der Waals surface area contributed by atoms with Crippen LogP contribution in [0.3, 0.4) is 0 Å². The zero-order chi connectivity index (χ0) is 11.3. The quantitative estimate of drug-likeness (QED) is 0.432. The smallest absolute Gasteiger partial charge is 0.337 e. The van der Waals surface area contributed by atoms with Crippen LogP contribution in [0.4, 0.5) is 0 Å². The molecule has 15 heavy (non-hydrogen) atoms. The fourth-order valence-electron chi connectivity index (χ4n) is 1.31. The fraction of sp³-hybridized carbons (Fsp3) is 0.364. The summed E-state index contributed by atoms with van der Waals surface area (Å²) in [7, 11) is 2.80. The first-order valence-electron chi connectivity index (χ1n) is 4.52. The van der Waals surface area contributed by atoms with Gasteiger partial charge < -0.3 is 4.74 Å². The molecule has 0 radical (unpaired) electrons. The van der Waals surface area contributed by atoms with E-state index < -0.39 is 0 Å². The molecule has 0 unspecified atom stereocenters. The number of methoxy groups -OCH3 is 1. The molecule has 82 valence electrons. The van der Waals surface area contributed by atoms with Crippen molar-refractivity contribution in [1.29, 1.82) is 0 Å². The number of hydrogen-bond donors (Lipinski definition) is 0. The van der Waals surface area contributed by atoms with Crippen molar-refractivity contribution >= 4 is 5.97 Å². The summed E-state index contributed by atoms with van der Waals surface area (Å²) < 4.78 is 4.64. The van der Waals surface area contributed by atoms with E-state index >= 15 is 0 Å². The van der Waals surface area contributed by atoms with Crippen LogP contribution in [0.2, 0.25) is 0 Å². The van der Waals surface area contributed by atoms with Crippen LogP contribution in [0.25, 0.3) is 0 Å². The minimum absolute atomic E-state index is 0.308. The summed E-state index contributed by atoms with van der Waals surface area (Å²) >= 11 is 0. The zero-order valence-corrected chi connectivity index (χ0v) is 9.07. The minimum Gasteiger partial charge on any atom is -0.465 e.